The van der Waals surface area contributed by atoms with Crippen LogP contribution in [0.2, 0.25) is 0 Å². The van der Waals surface area contributed by atoms with E-state index in [2.05, 4.69) is 13.0 Å². The number of unbranched alkanes of at least 4 members (excludes halogenated alkanes) is 2. The summed E-state index contributed by atoms with van der Waals surface area (Å²) in [5.41, 5.74) is 1.19. The predicted octanol–water partition coefficient (Wildman–Crippen LogP) is 4.36. The van der Waals surface area contributed by atoms with Crippen LogP contribution in [0.15, 0.2) is 52.8 Å². The van der Waals surface area contributed by atoms with Crippen molar-refractivity contribution in [2.75, 3.05) is 0 Å². The molecule has 0 spiro atoms. The Labute approximate surface area is 107 Å². The molecule has 1 nitrogen and oxygen atoms in total. The lowest BCUT2D eigenvalue weighted by Gasteiger charge is -1.96. The van der Waals surface area contributed by atoms with Crippen molar-refractivity contribution in [2.45, 2.75) is 38.0 Å². The monoisotopic (exact) mass is 248 g/mol. The first-order valence-corrected chi connectivity index (χ1v) is 7.26. The highest BCUT2D eigenvalue weighted by Gasteiger charge is 1.97. The van der Waals surface area contributed by atoms with E-state index in [0.29, 0.717) is 0 Å². The summed E-state index contributed by atoms with van der Waals surface area (Å²) in [6.45, 7) is 4.20. The smallest absolute Gasteiger partial charge is 0.0775 e. The first-order chi connectivity index (χ1) is 8.24. The van der Waals surface area contributed by atoms with Crippen molar-refractivity contribution in [3.8, 4) is 0 Å². The third kappa shape index (κ3) is 5.64. The van der Waals surface area contributed by atoms with Crippen LogP contribution in [-0.4, -0.2) is 4.21 Å². The molecule has 0 unspecified atom stereocenters. The quantitative estimate of drug-likeness (QED) is 0.540. The van der Waals surface area contributed by atoms with E-state index in [1.165, 1.54) is 18.4 Å². The maximum absolute atomic E-state index is 11.8. The highest BCUT2D eigenvalue weighted by atomic mass is 32.2. The van der Waals surface area contributed by atoms with Gasteiger partial charge in [0.15, 0.2) is 0 Å². The Bertz CT molecular complexity index is 401. The lowest BCUT2D eigenvalue weighted by molar-refractivity contribution is 0.688. The molecule has 1 rings (SSSR count). The Balaban J connectivity index is 2.46. The van der Waals surface area contributed by atoms with E-state index in [4.69, 9.17) is 0 Å². The number of rotatable bonds is 6. The van der Waals surface area contributed by atoms with Crippen molar-refractivity contribution >= 4 is 10.8 Å². The van der Waals surface area contributed by atoms with Gasteiger partial charge in [-0.1, -0.05) is 55.7 Å². The summed E-state index contributed by atoms with van der Waals surface area (Å²) in [5, 5.41) is 1.73. The van der Waals surface area contributed by atoms with E-state index in [1.54, 1.807) is 5.41 Å². The largest absolute Gasteiger partial charge is 0.250 e. The maximum atomic E-state index is 11.8. The van der Waals surface area contributed by atoms with Crippen molar-refractivity contribution in [1.29, 1.82) is 0 Å². The molecule has 0 N–H and O–H groups in total. The van der Waals surface area contributed by atoms with Gasteiger partial charge in [0.25, 0.3) is 0 Å². The van der Waals surface area contributed by atoms with Crippen LogP contribution in [0.1, 0.15) is 31.7 Å². The summed E-state index contributed by atoms with van der Waals surface area (Å²) in [4.78, 5) is 0.855. The molecule has 0 saturated carbocycles. The van der Waals surface area contributed by atoms with Gasteiger partial charge in [0.2, 0.25) is 0 Å². The molecule has 92 valence electrons. The molecule has 0 fully saturated rings. The fourth-order valence-corrected chi connectivity index (χ4v) is 2.16. The van der Waals surface area contributed by atoms with Crippen LogP contribution < -0.4 is 0 Å². The molecular weight excluding hydrogens is 228 g/mol. The van der Waals surface area contributed by atoms with Gasteiger partial charge in [-0.2, -0.15) is 0 Å². The zero-order valence-electron chi connectivity index (χ0n) is 10.6. The van der Waals surface area contributed by atoms with Crippen molar-refractivity contribution in [2.24, 2.45) is 0 Å². The average Bonchev–Trinajstić information content (AvgIpc) is 2.34. The molecule has 0 heterocycles. The summed E-state index contributed by atoms with van der Waals surface area (Å²) in [6, 6.07) is 7.80. The lowest BCUT2D eigenvalue weighted by Crippen LogP contribution is -1.85. The summed E-state index contributed by atoms with van der Waals surface area (Å²) in [5.74, 6) is 0. The second-order valence-corrected chi connectivity index (χ2v) is 5.35. The molecular formula is C15H20OS. The van der Waals surface area contributed by atoms with Crippen LogP contribution in [0.5, 0.6) is 0 Å². The van der Waals surface area contributed by atoms with Crippen molar-refractivity contribution in [3.05, 3.63) is 53.5 Å². The molecule has 0 saturated heterocycles. The fraction of sp³-hybridized carbons (Fsp3) is 0.333. The van der Waals surface area contributed by atoms with E-state index >= 15 is 0 Å². The van der Waals surface area contributed by atoms with Crippen molar-refractivity contribution in [3.63, 3.8) is 0 Å². The molecule has 0 aliphatic heterocycles. The molecule has 0 aromatic heterocycles. The van der Waals surface area contributed by atoms with Crippen LogP contribution in [0.4, 0.5) is 0 Å². The Kier molecular flexibility index (Phi) is 6.56. The van der Waals surface area contributed by atoms with E-state index < -0.39 is 10.8 Å². The molecule has 1 aromatic carbocycles. The van der Waals surface area contributed by atoms with E-state index in [9.17, 15) is 4.21 Å². The minimum Gasteiger partial charge on any atom is -0.250 e. The summed E-state index contributed by atoms with van der Waals surface area (Å²) in [7, 11) is -1.03. The molecule has 0 radical (unpaired) electrons. The summed E-state index contributed by atoms with van der Waals surface area (Å²) in [6.07, 6.45) is 9.48. The Morgan fingerprint density at radius 3 is 2.53 bits per heavy atom. The third-order valence-electron chi connectivity index (χ3n) is 2.43. The highest BCUT2D eigenvalue weighted by molar-refractivity contribution is 7.88. The van der Waals surface area contributed by atoms with Crippen LogP contribution in [-0.2, 0) is 10.8 Å². The van der Waals surface area contributed by atoms with Crippen molar-refractivity contribution < 1.29 is 4.21 Å². The standard InChI is InChI=1S/C15H20OS/c1-3-4-5-6-7-8-13-17(16)15-11-9-14(2)10-12-15/h6-13H,3-5H2,1-2H3/b7-6+,13-8+/t17-/m1/s1. The number of hydrogen-bond acceptors (Lipinski definition) is 1. The Morgan fingerprint density at radius 1 is 1.18 bits per heavy atom. The second-order valence-electron chi connectivity index (χ2n) is 4.01. The first kappa shape index (κ1) is 13.9. The predicted molar refractivity (Wildman–Crippen MR) is 75.4 cm³/mol. The SMILES string of the molecule is CCCC/C=C/C=C/[S@@](=O)c1ccc(C)cc1. The van der Waals surface area contributed by atoms with E-state index in [0.717, 1.165) is 11.3 Å². The molecule has 0 bridgehead atoms. The lowest BCUT2D eigenvalue weighted by atomic mass is 10.2. The van der Waals surface area contributed by atoms with Crippen LogP contribution in [0.25, 0.3) is 0 Å². The van der Waals surface area contributed by atoms with Crippen molar-refractivity contribution in [1.82, 2.24) is 0 Å². The van der Waals surface area contributed by atoms with Crippen LogP contribution >= 0.6 is 0 Å². The molecule has 1 atom stereocenters. The zero-order chi connectivity index (χ0) is 12.5. The van der Waals surface area contributed by atoms with Gasteiger partial charge in [-0.3, -0.25) is 0 Å². The first-order valence-electron chi connectivity index (χ1n) is 6.04. The molecule has 0 aliphatic carbocycles. The minimum atomic E-state index is -1.03. The van der Waals surface area contributed by atoms with Gasteiger partial charge in [0.1, 0.15) is 0 Å². The van der Waals surface area contributed by atoms with E-state index in [1.807, 2.05) is 43.3 Å². The summed E-state index contributed by atoms with van der Waals surface area (Å²) >= 11 is 0. The topological polar surface area (TPSA) is 17.1 Å². The van der Waals surface area contributed by atoms with E-state index in [-0.39, 0.29) is 0 Å². The molecule has 0 amide bonds. The van der Waals surface area contributed by atoms with Gasteiger partial charge in [0.05, 0.1) is 10.8 Å². The molecule has 1 aromatic rings. The minimum absolute atomic E-state index is 0.855. The van der Waals surface area contributed by atoms with Gasteiger partial charge in [-0.05, 0) is 25.5 Å². The molecule has 0 aliphatic rings. The van der Waals surface area contributed by atoms with Gasteiger partial charge in [-0.15, -0.1) is 0 Å². The maximum Gasteiger partial charge on any atom is 0.0775 e. The van der Waals surface area contributed by atoms with Crippen LogP contribution in [0, 0.1) is 6.92 Å². The van der Waals surface area contributed by atoms with Crippen LogP contribution in [0.3, 0.4) is 0 Å². The number of allylic oxidation sites excluding steroid dienone is 3. The second kappa shape index (κ2) is 8.02. The summed E-state index contributed by atoms with van der Waals surface area (Å²) < 4.78 is 11.8. The van der Waals surface area contributed by atoms with Gasteiger partial charge < -0.3 is 0 Å². The Hall–Kier alpha value is -1.15. The molecule has 17 heavy (non-hydrogen) atoms. The number of hydrogen-bond donors (Lipinski definition) is 0. The molecule has 2 heteroatoms. The normalized spacial score (nSPS) is 13.5. The van der Waals surface area contributed by atoms with Gasteiger partial charge in [-0.25, -0.2) is 4.21 Å². The van der Waals surface area contributed by atoms with Gasteiger partial charge in [0, 0.05) is 10.3 Å². The van der Waals surface area contributed by atoms with Gasteiger partial charge >= 0.3 is 0 Å². The number of aryl methyl sites for hydroxylation is 1. The third-order valence-corrected chi connectivity index (χ3v) is 3.57. The average molecular weight is 248 g/mol. The zero-order valence-corrected chi connectivity index (χ0v) is 11.4. The number of benzene rings is 1. The highest BCUT2D eigenvalue weighted by Crippen LogP contribution is 2.09. The fourth-order valence-electron chi connectivity index (χ4n) is 1.36. The Morgan fingerprint density at radius 2 is 1.88 bits per heavy atom.